The molecule has 3 aromatic carbocycles. The molecule has 0 saturated heterocycles. The van der Waals surface area contributed by atoms with Crippen LogP contribution >= 0.6 is 23.1 Å². The van der Waals surface area contributed by atoms with Gasteiger partial charge in [-0.15, -0.1) is 0 Å². The topological polar surface area (TPSA) is 95.7 Å². The van der Waals surface area contributed by atoms with E-state index in [1.807, 2.05) is 35.2 Å². The number of aliphatic carboxylic acids is 1. The smallest absolute Gasteiger partial charge is 0.446 e. The second-order valence-electron chi connectivity index (χ2n) is 8.88. The molecule has 7 nitrogen and oxygen atoms in total. The van der Waals surface area contributed by atoms with Crippen molar-refractivity contribution in [2.45, 2.75) is 23.4 Å². The number of hydrogen-bond acceptors (Lipinski definition) is 7. The van der Waals surface area contributed by atoms with Crippen LogP contribution < -0.4 is 10.2 Å². The number of benzene rings is 3. The highest BCUT2D eigenvalue weighted by molar-refractivity contribution is 8.00. The summed E-state index contributed by atoms with van der Waals surface area (Å²) >= 11 is 1.20. The van der Waals surface area contributed by atoms with Crippen LogP contribution in [0.2, 0.25) is 0 Å². The monoisotopic (exact) mass is 597 g/mol. The molecule has 2 N–H and O–H groups in total. The van der Waals surface area contributed by atoms with Gasteiger partial charge in [-0.25, -0.2) is 4.98 Å². The summed E-state index contributed by atoms with van der Waals surface area (Å²) in [5.74, 6) is -0.732. The quantitative estimate of drug-likeness (QED) is 0.159. The second kappa shape index (κ2) is 12.1. The molecule has 1 amide bonds. The number of hydrogen-bond donors (Lipinski definition) is 2. The zero-order valence-corrected chi connectivity index (χ0v) is 22.9. The number of alkyl halides is 3. The van der Waals surface area contributed by atoms with Gasteiger partial charge >= 0.3 is 11.5 Å². The molecule has 0 atom stereocenters. The molecular weight excluding hydrogens is 575 g/mol. The number of fused-ring (bicyclic) bond motifs is 1. The lowest BCUT2D eigenvalue weighted by Crippen LogP contribution is -2.26. The van der Waals surface area contributed by atoms with Gasteiger partial charge in [-0.2, -0.15) is 13.2 Å². The molecule has 0 aliphatic heterocycles. The van der Waals surface area contributed by atoms with Crippen molar-refractivity contribution in [3.8, 4) is 10.6 Å². The summed E-state index contributed by atoms with van der Waals surface area (Å²) in [6.45, 7) is 0.337. The van der Waals surface area contributed by atoms with Crippen LogP contribution in [0, 0.1) is 0 Å². The number of carbonyl (C=O) groups excluding carboxylic acids is 1. The molecular formula is C29H22F3N3O4S2. The summed E-state index contributed by atoms with van der Waals surface area (Å²) in [5.41, 5.74) is -1.81. The number of aromatic nitrogens is 1. The highest BCUT2D eigenvalue weighted by atomic mass is 32.2. The van der Waals surface area contributed by atoms with E-state index in [1.54, 1.807) is 42.6 Å². The normalized spacial score (nSPS) is 11.5. The van der Waals surface area contributed by atoms with Gasteiger partial charge in [0.15, 0.2) is 5.13 Å². The fourth-order valence-electron chi connectivity index (χ4n) is 4.03. The van der Waals surface area contributed by atoms with Gasteiger partial charge in [-0.3, -0.25) is 9.59 Å². The zero-order valence-electron chi connectivity index (χ0n) is 21.2. The molecule has 41 heavy (non-hydrogen) atoms. The van der Waals surface area contributed by atoms with Crippen LogP contribution in [0.5, 0.6) is 0 Å². The Morgan fingerprint density at radius 3 is 2.44 bits per heavy atom. The molecule has 210 valence electrons. The van der Waals surface area contributed by atoms with Crippen molar-refractivity contribution in [2.75, 3.05) is 11.4 Å². The number of thiazole rings is 1. The van der Waals surface area contributed by atoms with E-state index in [2.05, 4.69) is 10.3 Å². The Morgan fingerprint density at radius 1 is 1.02 bits per heavy atom. The summed E-state index contributed by atoms with van der Waals surface area (Å²) in [6, 6.07) is 22.4. The molecule has 2 heterocycles. The maximum absolute atomic E-state index is 12.9. The number of thioether (sulfide) groups is 1. The minimum Gasteiger partial charge on any atom is -0.481 e. The molecule has 2 aromatic heterocycles. The molecule has 0 unspecified atom stereocenters. The number of nitrogens with one attached hydrogen (secondary N) is 1. The summed E-state index contributed by atoms with van der Waals surface area (Å²) < 4.78 is 44.6. The van der Waals surface area contributed by atoms with Gasteiger partial charge in [0, 0.05) is 28.1 Å². The predicted molar refractivity (Wildman–Crippen MR) is 153 cm³/mol. The number of carbonyl (C=O) groups is 2. The van der Waals surface area contributed by atoms with Crippen LogP contribution in [-0.2, 0) is 11.3 Å². The van der Waals surface area contributed by atoms with Crippen LogP contribution in [-0.4, -0.2) is 34.0 Å². The Balaban J connectivity index is 1.40. The molecule has 0 saturated carbocycles. The minimum absolute atomic E-state index is 0.0178. The molecule has 0 aliphatic rings. The van der Waals surface area contributed by atoms with E-state index in [1.165, 1.54) is 23.5 Å². The first kappa shape index (κ1) is 28.2. The van der Waals surface area contributed by atoms with Crippen molar-refractivity contribution < 1.29 is 32.3 Å². The Kier molecular flexibility index (Phi) is 8.31. The van der Waals surface area contributed by atoms with E-state index in [9.17, 15) is 22.8 Å². The molecule has 5 rings (SSSR count). The zero-order chi connectivity index (χ0) is 29.0. The summed E-state index contributed by atoms with van der Waals surface area (Å²) in [4.78, 5) is 30.3. The second-order valence-corrected chi connectivity index (χ2v) is 11.0. The maximum Gasteiger partial charge on any atom is 0.446 e. The number of nitrogens with zero attached hydrogens (tertiary/aromatic N) is 2. The Labute approximate surface area is 240 Å². The van der Waals surface area contributed by atoms with E-state index >= 15 is 0 Å². The number of rotatable bonds is 10. The summed E-state index contributed by atoms with van der Waals surface area (Å²) in [7, 11) is 0. The minimum atomic E-state index is -4.39. The average molecular weight is 598 g/mol. The van der Waals surface area contributed by atoms with Crippen molar-refractivity contribution in [3.05, 3.63) is 96.2 Å². The van der Waals surface area contributed by atoms with Gasteiger partial charge in [0.1, 0.15) is 11.3 Å². The van der Waals surface area contributed by atoms with Crippen molar-refractivity contribution >= 4 is 56.8 Å². The van der Waals surface area contributed by atoms with Gasteiger partial charge in [-0.1, -0.05) is 41.7 Å². The lowest BCUT2D eigenvalue weighted by molar-refractivity contribution is -0.136. The molecule has 0 fully saturated rings. The number of amides is 1. The largest absolute Gasteiger partial charge is 0.481 e. The van der Waals surface area contributed by atoms with Gasteiger partial charge in [0.05, 0.1) is 24.0 Å². The van der Waals surface area contributed by atoms with E-state index < -0.39 is 11.5 Å². The predicted octanol–water partition coefficient (Wildman–Crippen LogP) is 7.71. The number of carboxylic acid groups (broad SMARTS) is 1. The standard InChI is InChI=1S/C29H22F3N3O4S2/c30-29(31,32)41-22-11-9-21(10-12-22)35(17-18-5-7-19(8-6-18)27(38)33-14-13-26(36)37)28-34-16-25(40-28)24-15-20-3-1-2-4-23(20)39-24/h1-12,15-16H,13-14,17H2,(H,33,38)(H,36,37). The summed E-state index contributed by atoms with van der Waals surface area (Å²) in [5, 5.41) is 12.9. The van der Waals surface area contributed by atoms with Crippen LogP contribution in [0.15, 0.2) is 94.4 Å². The van der Waals surface area contributed by atoms with E-state index in [0.29, 0.717) is 28.7 Å². The van der Waals surface area contributed by atoms with Gasteiger partial charge in [0.25, 0.3) is 5.91 Å². The Hall–Kier alpha value is -4.29. The van der Waals surface area contributed by atoms with Crippen molar-refractivity contribution in [1.82, 2.24) is 10.3 Å². The van der Waals surface area contributed by atoms with Crippen LogP contribution in [0.1, 0.15) is 22.3 Å². The molecule has 12 heteroatoms. The molecule has 0 radical (unpaired) electrons. The molecule has 5 aromatic rings. The molecule has 0 aliphatic carbocycles. The Morgan fingerprint density at radius 2 is 1.76 bits per heavy atom. The van der Waals surface area contributed by atoms with E-state index in [4.69, 9.17) is 9.52 Å². The van der Waals surface area contributed by atoms with Gasteiger partial charge < -0.3 is 19.7 Å². The number of para-hydroxylation sites is 1. The lowest BCUT2D eigenvalue weighted by atomic mass is 10.1. The maximum atomic E-state index is 12.9. The molecule has 0 spiro atoms. The fourth-order valence-corrected chi connectivity index (χ4v) is 5.46. The highest BCUT2D eigenvalue weighted by Crippen LogP contribution is 2.40. The van der Waals surface area contributed by atoms with Crippen molar-refractivity contribution in [2.24, 2.45) is 0 Å². The number of halogens is 3. The summed E-state index contributed by atoms with van der Waals surface area (Å²) in [6.07, 6.45) is 1.52. The first-order chi connectivity index (χ1) is 19.6. The van der Waals surface area contributed by atoms with Crippen molar-refractivity contribution in [3.63, 3.8) is 0 Å². The number of furan rings is 1. The SMILES string of the molecule is O=C(O)CCNC(=O)c1ccc(CN(c2ccc(SC(F)(F)F)cc2)c2ncc(-c3cc4ccccc4o3)s2)cc1. The van der Waals surface area contributed by atoms with Gasteiger partial charge in [-0.05, 0) is 65.9 Å². The Bertz CT molecular complexity index is 1630. The average Bonchev–Trinajstić information content (AvgIpc) is 3.59. The number of carboxylic acids is 1. The number of anilines is 2. The van der Waals surface area contributed by atoms with E-state index in [-0.39, 0.29) is 35.5 Å². The third-order valence-corrected chi connectivity index (χ3v) is 7.73. The van der Waals surface area contributed by atoms with Crippen LogP contribution in [0.3, 0.4) is 0 Å². The van der Waals surface area contributed by atoms with E-state index in [0.717, 1.165) is 21.4 Å². The highest BCUT2D eigenvalue weighted by Gasteiger charge is 2.29. The molecule has 0 bridgehead atoms. The van der Waals surface area contributed by atoms with Crippen LogP contribution in [0.4, 0.5) is 24.0 Å². The first-order valence-corrected chi connectivity index (χ1v) is 13.9. The fraction of sp³-hybridized carbons (Fsp3) is 0.138. The van der Waals surface area contributed by atoms with Crippen LogP contribution in [0.25, 0.3) is 21.6 Å². The third kappa shape index (κ3) is 7.27. The third-order valence-electron chi connectivity index (χ3n) is 5.96. The van der Waals surface area contributed by atoms with Gasteiger partial charge in [0.2, 0.25) is 0 Å². The first-order valence-electron chi connectivity index (χ1n) is 12.3. The van der Waals surface area contributed by atoms with Crippen molar-refractivity contribution in [1.29, 1.82) is 0 Å². The lowest BCUT2D eigenvalue weighted by Gasteiger charge is -2.22.